The van der Waals surface area contributed by atoms with E-state index in [-0.39, 0.29) is 0 Å². The van der Waals surface area contributed by atoms with Gasteiger partial charge in [-0.15, -0.1) is 0 Å². The zero-order valence-electron chi connectivity index (χ0n) is 8.24. The van der Waals surface area contributed by atoms with Crippen molar-refractivity contribution in [3.63, 3.8) is 0 Å². The summed E-state index contributed by atoms with van der Waals surface area (Å²) >= 11 is 0. The van der Waals surface area contributed by atoms with Crippen molar-refractivity contribution >= 4 is 17.5 Å². The number of nitrogens with two attached hydrogens (primary N) is 1. The molecule has 0 atom stereocenters. The van der Waals surface area contributed by atoms with E-state index in [0.29, 0.717) is 17.3 Å². The van der Waals surface area contributed by atoms with Gasteiger partial charge < -0.3 is 10.8 Å². The van der Waals surface area contributed by atoms with E-state index in [1.807, 2.05) is 19.9 Å². The Bertz CT molecular complexity index is 348. The average molecular weight is 194 g/mol. The van der Waals surface area contributed by atoms with E-state index in [1.165, 1.54) is 0 Å². The molecule has 76 valence electrons. The minimum absolute atomic E-state index is 0.342. The zero-order valence-corrected chi connectivity index (χ0v) is 8.24. The molecule has 0 fully saturated rings. The number of rotatable bonds is 2. The molecule has 1 aromatic carbocycles. The van der Waals surface area contributed by atoms with Gasteiger partial charge in [-0.1, -0.05) is 19.9 Å². The van der Waals surface area contributed by atoms with Gasteiger partial charge in [0.25, 0.3) is 0 Å². The molecule has 0 aliphatic heterocycles. The molecule has 0 saturated carbocycles. The largest absolute Gasteiger partial charge is 0.465 e. The molecule has 1 aromatic rings. The molecule has 0 aliphatic rings. The van der Waals surface area contributed by atoms with E-state index >= 15 is 0 Å². The highest BCUT2D eigenvalue weighted by atomic mass is 16.4. The monoisotopic (exact) mass is 194 g/mol. The summed E-state index contributed by atoms with van der Waals surface area (Å²) in [4.78, 5) is 10.3. The van der Waals surface area contributed by atoms with Crippen LogP contribution in [0.2, 0.25) is 0 Å². The lowest BCUT2D eigenvalue weighted by Crippen LogP contribution is -2.08. The summed E-state index contributed by atoms with van der Waals surface area (Å²) in [6.45, 7) is 4.08. The molecule has 0 aromatic heterocycles. The number of amides is 1. The Morgan fingerprint density at radius 2 is 2.14 bits per heavy atom. The summed E-state index contributed by atoms with van der Waals surface area (Å²) in [6.07, 6.45) is -1.08. The number of benzene rings is 1. The lowest BCUT2D eigenvalue weighted by Gasteiger charge is -2.10. The van der Waals surface area contributed by atoms with Crippen LogP contribution in [0.5, 0.6) is 0 Å². The first kappa shape index (κ1) is 10.4. The third kappa shape index (κ3) is 2.39. The van der Waals surface area contributed by atoms with Crippen LogP contribution in [0.1, 0.15) is 25.3 Å². The van der Waals surface area contributed by atoms with Crippen LogP contribution in [0.4, 0.5) is 16.2 Å². The predicted octanol–water partition coefficient (Wildman–Crippen LogP) is 2.48. The van der Waals surface area contributed by atoms with Gasteiger partial charge in [0.2, 0.25) is 0 Å². The number of nitrogen functional groups attached to an aromatic ring is 1. The lowest BCUT2D eigenvalue weighted by atomic mass is 10.0. The summed E-state index contributed by atoms with van der Waals surface area (Å²) in [6, 6.07) is 5.18. The summed E-state index contributed by atoms with van der Waals surface area (Å²) in [5.74, 6) is 0.342. The Labute approximate surface area is 82.7 Å². The molecule has 4 nitrogen and oxygen atoms in total. The van der Waals surface area contributed by atoms with Crippen LogP contribution in [-0.2, 0) is 0 Å². The first-order chi connectivity index (χ1) is 6.50. The summed E-state index contributed by atoms with van der Waals surface area (Å²) in [5, 5.41) is 10.7. The van der Waals surface area contributed by atoms with Crippen molar-refractivity contribution in [1.29, 1.82) is 0 Å². The molecule has 0 heterocycles. The molecule has 0 spiro atoms. The summed E-state index contributed by atoms with van der Waals surface area (Å²) in [5.41, 5.74) is 7.91. The van der Waals surface area contributed by atoms with Crippen molar-refractivity contribution in [2.75, 3.05) is 11.1 Å². The second-order valence-electron chi connectivity index (χ2n) is 3.43. The fourth-order valence-corrected chi connectivity index (χ4v) is 1.30. The van der Waals surface area contributed by atoms with Gasteiger partial charge in [0.05, 0.1) is 0 Å². The highest BCUT2D eigenvalue weighted by molar-refractivity contribution is 5.83. The van der Waals surface area contributed by atoms with E-state index in [2.05, 4.69) is 5.32 Å². The van der Waals surface area contributed by atoms with E-state index in [1.54, 1.807) is 12.1 Å². The number of hydrogen-bond donors (Lipinski definition) is 3. The average Bonchev–Trinajstić information content (AvgIpc) is 2.01. The van der Waals surface area contributed by atoms with Gasteiger partial charge in [-0.2, -0.15) is 0 Å². The molecular weight excluding hydrogens is 180 g/mol. The highest BCUT2D eigenvalue weighted by Crippen LogP contribution is 2.24. The number of nitrogens with one attached hydrogen (secondary N) is 1. The number of carboxylic acid groups (broad SMARTS) is 1. The molecule has 1 rings (SSSR count). The Morgan fingerprint density at radius 1 is 1.50 bits per heavy atom. The Hall–Kier alpha value is -1.71. The lowest BCUT2D eigenvalue weighted by molar-refractivity contribution is 0.210. The van der Waals surface area contributed by atoms with Crippen molar-refractivity contribution in [2.24, 2.45) is 0 Å². The Kier molecular flexibility index (Phi) is 2.96. The van der Waals surface area contributed by atoms with Crippen LogP contribution < -0.4 is 11.1 Å². The normalized spacial score (nSPS) is 10.2. The van der Waals surface area contributed by atoms with Crippen molar-refractivity contribution in [1.82, 2.24) is 0 Å². The third-order valence-corrected chi connectivity index (χ3v) is 1.96. The first-order valence-electron chi connectivity index (χ1n) is 4.40. The zero-order chi connectivity index (χ0) is 10.7. The highest BCUT2D eigenvalue weighted by Gasteiger charge is 2.05. The van der Waals surface area contributed by atoms with Gasteiger partial charge in [-0.3, -0.25) is 5.32 Å². The standard InChI is InChI=1S/C10H14N2O2/c1-6(2)8-4-3-7(5-9(8)11)12-10(13)14/h3-6,12H,11H2,1-2H3,(H,13,14). The first-order valence-corrected chi connectivity index (χ1v) is 4.40. The molecular formula is C10H14N2O2. The topological polar surface area (TPSA) is 75.3 Å². The SMILES string of the molecule is CC(C)c1ccc(NC(=O)O)cc1N. The predicted molar refractivity (Wildman–Crippen MR) is 56.6 cm³/mol. The molecule has 0 bridgehead atoms. The fraction of sp³-hybridized carbons (Fsp3) is 0.300. The number of hydrogen-bond acceptors (Lipinski definition) is 2. The minimum atomic E-state index is -1.08. The fourth-order valence-electron chi connectivity index (χ4n) is 1.30. The summed E-state index contributed by atoms with van der Waals surface area (Å²) < 4.78 is 0. The molecule has 0 radical (unpaired) electrons. The smallest absolute Gasteiger partial charge is 0.409 e. The van der Waals surface area contributed by atoms with Gasteiger partial charge in [0.1, 0.15) is 0 Å². The molecule has 0 saturated heterocycles. The van der Waals surface area contributed by atoms with Crippen LogP contribution in [0.25, 0.3) is 0 Å². The van der Waals surface area contributed by atoms with Crippen molar-refractivity contribution in [3.05, 3.63) is 23.8 Å². The van der Waals surface area contributed by atoms with E-state index in [4.69, 9.17) is 10.8 Å². The van der Waals surface area contributed by atoms with Crippen molar-refractivity contribution in [3.8, 4) is 0 Å². The van der Waals surface area contributed by atoms with Crippen LogP contribution in [0, 0.1) is 0 Å². The van der Waals surface area contributed by atoms with Gasteiger partial charge in [0.15, 0.2) is 0 Å². The van der Waals surface area contributed by atoms with E-state index < -0.39 is 6.09 Å². The summed E-state index contributed by atoms with van der Waals surface area (Å²) in [7, 11) is 0. The van der Waals surface area contributed by atoms with E-state index in [9.17, 15) is 4.79 Å². The maximum Gasteiger partial charge on any atom is 0.409 e. The molecule has 14 heavy (non-hydrogen) atoms. The Morgan fingerprint density at radius 3 is 2.57 bits per heavy atom. The third-order valence-electron chi connectivity index (χ3n) is 1.96. The number of anilines is 2. The quantitative estimate of drug-likeness (QED) is 0.633. The second-order valence-corrected chi connectivity index (χ2v) is 3.43. The Balaban J connectivity index is 2.94. The molecule has 1 amide bonds. The van der Waals surface area contributed by atoms with Gasteiger partial charge in [0, 0.05) is 11.4 Å². The number of carbonyl (C=O) groups is 1. The van der Waals surface area contributed by atoms with Gasteiger partial charge >= 0.3 is 6.09 Å². The second kappa shape index (κ2) is 4.00. The van der Waals surface area contributed by atoms with Crippen LogP contribution in [-0.4, -0.2) is 11.2 Å². The molecule has 4 heteroatoms. The van der Waals surface area contributed by atoms with Gasteiger partial charge in [-0.05, 0) is 23.6 Å². The van der Waals surface area contributed by atoms with Crippen LogP contribution in [0.15, 0.2) is 18.2 Å². The molecule has 0 aliphatic carbocycles. The molecule has 0 unspecified atom stereocenters. The maximum atomic E-state index is 10.3. The van der Waals surface area contributed by atoms with Crippen molar-refractivity contribution in [2.45, 2.75) is 19.8 Å². The minimum Gasteiger partial charge on any atom is -0.465 e. The van der Waals surface area contributed by atoms with Crippen molar-refractivity contribution < 1.29 is 9.90 Å². The van der Waals surface area contributed by atoms with E-state index in [0.717, 1.165) is 5.56 Å². The van der Waals surface area contributed by atoms with Gasteiger partial charge in [-0.25, -0.2) is 4.79 Å². The van der Waals surface area contributed by atoms with Crippen LogP contribution in [0.3, 0.4) is 0 Å². The maximum absolute atomic E-state index is 10.3. The van der Waals surface area contributed by atoms with Crippen LogP contribution >= 0.6 is 0 Å². The molecule has 4 N–H and O–H groups in total.